The Labute approximate surface area is 147 Å². The highest BCUT2D eigenvalue weighted by molar-refractivity contribution is 7.89. The maximum Gasteiger partial charge on any atom is 0.276 e. The van der Waals surface area contributed by atoms with Crippen LogP contribution in [-0.4, -0.2) is 24.3 Å². The molecule has 0 bridgehead atoms. The van der Waals surface area contributed by atoms with E-state index in [-0.39, 0.29) is 21.8 Å². The van der Waals surface area contributed by atoms with E-state index < -0.39 is 10.0 Å². The predicted octanol–water partition coefficient (Wildman–Crippen LogP) is 3.10. The van der Waals surface area contributed by atoms with Gasteiger partial charge in [0.25, 0.3) is 10.0 Å². The Kier molecular flexibility index (Phi) is 5.08. The predicted molar refractivity (Wildman–Crippen MR) is 97.4 cm³/mol. The molecule has 0 aliphatic rings. The van der Waals surface area contributed by atoms with E-state index in [9.17, 15) is 18.6 Å². The van der Waals surface area contributed by atoms with Crippen LogP contribution in [0.1, 0.15) is 38.8 Å². The lowest BCUT2D eigenvalue weighted by Gasteiger charge is -2.19. The van der Waals surface area contributed by atoms with Gasteiger partial charge in [-0.3, -0.25) is 0 Å². The number of phenols is 2. The normalized spacial score (nSPS) is 12.9. The molecule has 0 saturated carbocycles. The van der Waals surface area contributed by atoms with Gasteiger partial charge in [-0.25, -0.2) is 0 Å². The van der Waals surface area contributed by atoms with E-state index in [0.29, 0.717) is 11.3 Å². The molecule has 3 N–H and O–H groups in total. The van der Waals surface area contributed by atoms with Crippen LogP contribution in [0.2, 0.25) is 0 Å². The van der Waals surface area contributed by atoms with Gasteiger partial charge in [0.15, 0.2) is 0 Å². The molecule has 0 fully saturated rings. The summed E-state index contributed by atoms with van der Waals surface area (Å²) in [6.45, 7) is 7.72. The number of phenolic OH excluding ortho intramolecular Hbond substituents is 2. The summed E-state index contributed by atoms with van der Waals surface area (Å²) < 4.78 is 24.7. The smallest absolute Gasteiger partial charge is 0.276 e. The summed E-state index contributed by atoms with van der Waals surface area (Å²) >= 11 is 0. The highest BCUT2D eigenvalue weighted by atomic mass is 32.2. The molecular formula is C18H22N2O4S. The molecule has 0 aliphatic carbocycles. The molecule has 0 saturated heterocycles. The first-order valence-electron chi connectivity index (χ1n) is 7.69. The molecule has 0 aromatic heterocycles. The molecule has 6 nitrogen and oxygen atoms in total. The lowest BCUT2D eigenvalue weighted by Crippen LogP contribution is -2.20. The second kappa shape index (κ2) is 6.76. The van der Waals surface area contributed by atoms with E-state index in [1.807, 2.05) is 20.8 Å². The molecule has 25 heavy (non-hydrogen) atoms. The number of sulfonamides is 1. The highest BCUT2D eigenvalue weighted by Gasteiger charge is 2.17. The Morgan fingerprint density at radius 3 is 2.00 bits per heavy atom. The van der Waals surface area contributed by atoms with E-state index in [1.165, 1.54) is 30.3 Å². The maximum absolute atomic E-state index is 12.3. The molecule has 2 rings (SSSR count). The van der Waals surface area contributed by atoms with Crippen LogP contribution < -0.4 is 4.83 Å². The SMILES string of the molecule is C/C(=N/NS(=O)(=O)c1ccc(C(C)(C)C)cc1)c1cc(O)cc(O)c1. The van der Waals surface area contributed by atoms with Gasteiger partial charge in [-0.05, 0) is 42.2 Å². The van der Waals surface area contributed by atoms with Gasteiger partial charge in [0.05, 0.1) is 10.6 Å². The fourth-order valence-electron chi connectivity index (χ4n) is 2.18. The summed E-state index contributed by atoms with van der Waals surface area (Å²) in [5, 5.41) is 22.8. The minimum atomic E-state index is -3.81. The van der Waals surface area contributed by atoms with Crippen LogP contribution in [0, 0.1) is 0 Å². The summed E-state index contributed by atoms with van der Waals surface area (Å²) in [5.41, 5.74) is 1.67. The van der Waals surface area contributed by atoms with Crippen molar-refractivity contribution >= 4 is 15.7 Å². The topological polar surface area (TPSA) is 99.0 Å². The van der Waals surface area contributed by atoms with Crippen molar-refractivity contribution in [3.8, 4) is 11.5 Å². The second-order valence-corrected chi connectivity index (χ2v) is 8.47. The van der Waals surface area contributed by atoms with Crippen LogP contribution in [0.4, 0.5) is 0 Å². The van der Waals surface area contributed by atoms with Gasteiger partial charge in [0.1, 0.15) is 11.5 Å². The molecule has 7 heteroatoms. The van der Waals surface area contributed by atoms with Gasteiger partial charge in [0.2, 0.25) is 0 Å². The van der Waals surface area contributed by atoms with Gasteiger partial charge in [0, 0.05) is 11.6 Å². The van der Waals surface area contributed by atoms with Crippen molar-refractivity contribution in [2.45, 2.75) is 38.0 Å². The Bertz CT molecular complexity index is 875. The van der Waals surface area contributed by atoms with Crippen LogP contribution >= 0.6 is 0 Å². The first kappa shape index (κ1) is 18.8. The average Bonchev–Trinajstić information content (AvgIpc) is 2.51. The lowest BCUT2D eigenvalue weighted by molar-refractivity contribution is 0.450. The number of nitrogens with one attached hydrogen (secondary N) is 1. The molecule has 2 aromatic carbocycles. The number of hydrogen-bond donors (Lipinski definition) is 3. The zero-order chi connectivity index (χ0) is 18.8. The van der Waals surface area contributed by atoms with Gasteiger partial charge in [-0.15, -0.1) is 0 Å². The van der Waals surface area contributed by atoms with E-state index in [2.05, 4.69) is 9.93 Å². The highest BCUT2D eigenvalue weighted by Crippen LogP contribution is 2.23. The van der Waals surface area contributed by atoms with Crippen LogP contribution in [0.5, 0.6) is 11.5 Å². The van der Waals surface area contributed by atoms with Crippen LogP contribution in [0.15, 0.2) is 52.5 Å². The number of hydrogen-bond acceptors (Lipinski definition) is 5. The van der Waals surface area contributed by atoms with Crippen LogP contribution in [0.3, 0.4) is 0 Å². The zero-order valence-electron chi connectivity index (χ0n) is 14.6. The number of benzene rings is 2. The van der Waals surface area contributed by atoms with E-state index in [1.54, 1.807) is 19.1 Å². The number of aromatic hydroxyl groups is 2. The fraction of sp³-hybridized carbons (Fsp3) is 0.278. The summed E-state index contributed by atoms with van der Waals surface area (Å²) in [6.07, 6.45) is 0. The van der Waals surface area contributed by atoms with Crippen LogP contribution in [0.25, 0.3) is 0 Å². The quantitative estimate of drug-likeness (QED) is 0.575. The monoisotopic (exact) mass is 362 g/mol. The van der Waals surface area contributed by atoms with Crippen LogP contribution in [-0.2, 0) is 15.4 Å². The molecule has 134 valence electrons. The third kappa shape index (κ3) is 4.73. The van der Waals surface area contributed by atoms with Crippen molar-refractivity contribution in [3.05, 3.63) is 53.6 Å². The molecule has 2 aromatic rings. The molecular weight excluding hydrogens is 340 g/mol. The Morgan fingerprint density at radius 2 is 1.52 bits per heavy atom. The second-order valence-electron chi connectivity index (χ2n) is 6.80. The summed E-state index contributed by atoms with van der Waals surface area (Å²) in [7, 11) is -3.81. The summed E-state index contributed by atoms with van der Waals surface area (Å²) in [4.78, 5) is 2.27. The number of hydrazone groups is 1. The summed E-state index contributed by atoms with van der Waals surface area (Å²) in [6, 6.07) is 10.6. The van der Waals surface area contributed by atoms with Crippen molar-refractivity contribution in [2.24, 2.45) is 5.10 Å². The molecule has 0 aliphatic heterocycles. The third-order valence-corrected chi connectivity index (χ3v) is 4.91. The van der Waals surface area contributed by atoms with E-state index in [4.69, 9.17) is 0 Å². The standard InChI is InChI=1S/C18H22N2O4S/c1-12(13-9-15(21)11-16(22)10-13)19-20-25(23,24)17-7-5-14(6-8-17)18(2,3)4/h5-11,20-22H,1-4H3/b19-12-. The minimum absolute atomic E-state index is 0.0677. The van der Waals surface area contributed by atoms with E-state index in [0.717, 1.165) is 5.56 Å². The Hall–Kier alpha value is -2.54. The van der Waals surface area contributed by atoms with Crippen molar-refractivity contribution in [3.63, 3.8) is 0 Å². The molecule has 0 spiro atoms. The molecule has 0 amide bonds. The van der Waals surface area contributed by atoms with Gasteiger partial charge < -0.3 is 10.2 Å². The van der Waals surface area contributed by atoms with E-state index >= 15 is 0 Å². The maximum atomic E-state index is 12.3. The fourth-order valence-corrected chi connectivity index (χ4v) is 3.04. The zero-order valence-corrected chi connectivity index (χ0v) is 15.4. The Morgan fingerprint density at radius 1 is 1.00 bits per heavy atom. The largest absolute Gasteiger partial charge is 0.508 e. The lowest BCUT2D eigenvalue weighted by atomic mass is 9.87. The third-order valence-electron chi connectivity index (χ3n) is 3.68. The summed E-state index contributed by atoms with van der Waals surface area (Å²) in [5.74, 6) is -0.268. The van der Waals surface area contributed by atoms with Crippen molar-refractivity contribution in [1.82, 2.24) is 4.83 Å². The average molecular weight is 362 g/mol. The molecule has 0 heterocycles. The minimum Gasteiger partial charge on any atom is -0.508 e. The van der Waals surface area contributed by atoms with Crippen molar-refractivity contribution in [1.29, 1.82) is 0 Å². The van der Waals surface area contributed by atoms with Gasteiger partial charge >= 0.3 is 0 Å². The van der Waals surface area contributed by atoms with Crippen molar-refractivity contribution in [2.75, 3.05) is 0 Å². The number of nitrogens with zero attached hydrogens (tertiary/aromatic N) is 1. The Balaban J connectivity index is 2.23. The molecule has 0 unspecified atom stereocenters. The molecule has 0 atom stereocenters. The first-order chi connectivity index (χ1) is 11.5. The number of rotatable bonds is 4. The molecule has 0 radical (unpaired) electrons. The van der Waals surface area contributed by atoms with Gasteiger partial charge in [-0.2, -0.15) is 18.4 Å². The van der Waals surface area contributed by atoms with Gasteiger partial charge in [-0.1, -0.05) is 32.9 Å². The van der Waals surface area contributed by atoms with Crippen molar-refractivity contribution < 1.29 is 18.6 Å². The first-order valence-corrected chi connectivity index (χ1v) is 9.17.